The molecule has 17 heteroatoms. The number of aromatic nitrogens is 1. The van der Waals surface area contributed by atoms with Crippen LogP contribution >= 0.6 is 21.6 Å². The zero-order chi connectivity index (χ0) is 46.8. The van der Waals surface area contributed by atoms with Crippen LogP contribution in [-0.2, 0) is 14.3 Å². The zero-order valence-corrected chi connectivity index (χ0v) is 37.6. The molecule has 0 saturated carbocycles. The van der Waals surface area contributed by atoms with Gasteiger partial charge in [-0.25, -0.2) is 4.79 Å². The molecule has 10 atom stereocenters. The van der Waals surface area contributed by atoms with Crippen molar-refractivity contribution in [3.05, 3.63) is 136 Å². The summed E-state index contributed by atoms with van der Waals surface area (Å²) < 4.78 is 24.0. The van der Waals surface area contributed by atoms with Crippen LogP contribution in [0.3, 0.4) is 0 Å². The topological polar surface area (TPSA) is 247 Å². The molecule has 15 nitrogen and oxygen atoms in total. The van der Waals surface area contributed by atoms with Gasteiger partial charge in [-0.3, -0.25) is 14.9 Å². The monoisotopic (exact) mass is 947 g/mol. The van der Waals surface area contributed by atoms with Gasteiger partial charge < -0.3 is 54.9 Å². The Hall–Kier alpha value is -5.81. The number of aromatic hydroxyl groups is 1. The van der Waals surface area contributed by atoms with E-state index in [0.717, 1.165) is 24.0 Å². The van der Waals surface area contributed by atoms with E-state index in [9.17, 15) is 39.9 Å². The average molecular weight is 948 g/mol. The molecule has 5 aliphatic rings. The van der Waals surface area contributed by atoms with E-state index in [0.29, 0.717) is 18.6 Å². The van der Waals surface area contributed by atoms with Gasteiger partial charge in [0.1, 0.15) is 41.5 Å². The lowest BCUT2D eigenvalue weighted by Crippen LogP contribution is -2.75. The van der Waals surface area contributed by atoms with Crippen LogP contribution < -0.4 is 21.2 Å². The quantitative estimate of drug-likeness (QED) is 0.0705. The molecule has 0 spiro atoms. The predicted molar refractivity (Wildman–Crippen MR) is 253 cm³/mol. The minimum absolute atomic E-state index is 0.00830. The number of amides is 1. The van der Waals surface area contributed by atoms with Gasteiger partial charge in [0.2, 0.25) is 17.5 Å². The van der Waals surface area contributed by atoms with Crippen molar-refractivity contribution >= 4 is 50.0 Å². The van der Waals surface area contributed by atoms with Gasteiger partial charge in [0.05, 0.1) is 10.9 Å². The number of carbonyl (C=O) groups excluding carboxylic acids is 1. The Morgan fingerprint density at radius 3 is 2.61 bits per heavy atom. The maximum absolute atomic E-state index is 13.9. The molecule has 2 aromatic heterocycles. The number of carbonyl (C=O) groups is 2. The lowest BCUT2D eigenvalue weighted by atomic mass is 9.75. The summed E-state index contributed by atoms with van der Waals surface area (Å²) in [5.74, 6) is 3.98. The van der Waals surface area contributed by atoms with E-state index >= 15 is 0 Å². The molecule has 2 bridgehead atoms. The van der Waals surface area contributed by atoms with Crippen molar-refractivity contribution in [2.75, 3.05) is 18.2 Å². The van der Waals surface area contributed by atoms with Crippen molar-refractivity contribution in [3.8, 4) is 34.5 Å². The first-order valence-corrected chi connectivity index (χ1v) is 24.4. The summed E-state index contributed by atoms with van der Waals surface area (Å²) in [6, 6.07) is 19.9. The summed E-state index contributed by atoms with van der Waals surface area (Å²) in [5.41, 5.74) is 6.97. The van der Waals surface area contributed by atoms with Gasteiger partial charge in [-0.1, -0.05) is 76.2 Å². The number of nitrogens with one attached hydrogen (secondary N) is 2. The Kier molecular flexibility index (Phi) is 13.7. The number of hydrogen-bond donors (Lipinski definition) is 8. The summed E-state index contributed by atoms with van der Waals surface area (Å²) in [5, 5.41) is 59.9. The van der Waals surface area contributed by atoms with Crippen molar-refractivity contribution < 1.29 is 53.7 Å². The highest BCUT2D eigenvalue weighted by Crippen LogP contribution is 2.44. The van der Waals surface area contributed by atoms with Crippen molar-refractivity contribution in [1.29, 1.82) is 0 Å². The molecule has 348 valence electrons. The average Bonchev–Trinajstić information content (AvgIpc) is 3.85. The van der Waals surface area contributed by atoms with E-state index < -0.39 is 59.5 Å². The largest absolute Gasteiger partial charge is 0.508 e. The molecular formula is C50H49N3O12S2. The lowest BCUT2D eigenvalue weighted by Gasteiger charge is -2.50. The third-order valence-corrected chi connectivity index (χ3v) is 15.2. The highest BCUT2D eigenvalue weighted by molar-refractivity contribution is 8.76. The SMILES string of the molecule is NC(=O)c1oc2cc(O[C@@H]3O[C@H](C(=O)O)[C@@H](O)[C@@H]4OCSSC[C@@H](c5cc[nH]c5)[C@H]([C@H]5CC#CCC[C@@H]6C=C/C(=C/C5)c5ccccc56)CN[C@H](O)[C@]34O)ccc2c(=O)c1-c1ccc(O)cc1. The third kappa shape index (κ3) is 9.28. The summed E-state index contributed by atoms with van der Waals surface area (Å²) in [4.78, 5) is 42.3. The molecular weight excluding hydrogens is 899 g/mol. The number of phenols is 1. The Balaban J connectivity index is 1.08. The number of benzene rings is 3. The van der Waals surface area contributed by atoms with Gasteiger partial charge >= 0.3 is 5.97 Å². The van der Waals surface area contributed by atoms with Crippen molar-refractivity contribution in [1.82, 2.24) is 10.3 Å². The molecule has 9 N–H and O–H groups in total. The molecule has 0 unspecified atom stereocenters. The highest BCUT2D eigenvalue weighted by atomic mass is 33.1. The van der Waals surface area contributed by atoms with Crippen LogP contribution in [0.4, 0.5) is 0 Å². The number of hydrogen-bond acceptors (Lipinski definition) is 14. The van der Waals surface area contributed by atoms with E-state index in [1.165, 1.54) is 75.2 Å². The van der Waals surface area contributed by atoms with Crippen molar-refractivity contribution in [3.63, 3.8) is 0 Å². The number of carboxylic acid groups (broad SMARTS) is 1. The third-order valence-electron chi connectivity index (χ3n) is 13.1. The molecule has 1 amide bonds. The second-order valence-corrected chi connectivity index (χ2v) is 19.5. The Morgan fingerprint density at radius 1 is 1.01 bits per heavy atom. The fraction of sp³-hybridized carbons (Fsp3) is 0.340. The van der Waals surface area contributed by atoms with Gasteiger partial charge in [0, 0.05) is 49.5 Å². The van der Waals surface area contributed by atoms with E-state index in [1.54, 1.807) is 0 Å². The van der Waals surface area contributed by atoms with E-state index in [-0.39, 0.29) is 69.8 Å². The smallest absolute Gasteiger partial charge is 0.335 e. The Bertz CT molecular complexity index is 2820. The number of allylic oxidation sites excluding steroid dienone is 4. The fourth-order valence-corrected chi connectivity index (χ4v) is 11.7. The van der Waals surface area contributed by atoms with Gasteiger partial charge in [-0.2, -0.15) is 0 Å². The maximum Gasteiger partial charge on any atom is 0.335 e. The van der Waals surface area contributed by atoms with Crippen LogP contribution in [0.2, 0.25) is 0 Å². The predicted octanol–water partition coefficient (Wildman–Crippen LogP) is 5.85. The number of aliphatic carboxylic acids is 1. The van der Waals surface area contributed by atoms with Crippen molar-refractivity contribution in [2.45, 2.75) is 73.9 Å². The van der Waals surface area contributed by atoms with E-state index in [1.807, 2.05) is 18.5 Å². The normalized spacial score (nSPS) is 29.8. The van der Waals surface area contributed by atoms with Gasteiger partial charge in [0.25, 0.3) is 5.91 Å². The molecule has 3 aliphatic carbocycles. The molecule has 67 heavy (non-hydrogen) atoms. The van der Waals surface area contributed by atoms with Crippen LogP contribution in [0.5, 0.6) is 11.5 Å². The van der Waals surface area contributed by atoms with Gasteiger partial charge in [-0.15, -0.1) is 11.8 Å². The molecule has 10 rings (SSSR count). The highest BCUT2D eigenvalue weighted by Gasteiger charge is 2.63. The van der Waals surface area contributed by atoms with Gasteiger partial charge in [0.15, 0.2) is 11.7 Å². The molecule has 3 aromatic carbocycles. The second-order valence-electron chi connectivity index (χ2n) is 17.1. The number of rotatable bonds is 7. The number of primary amides is 1. The summed E-state index contributed by atoms with van der Waals surface area (Å²) in [7, 11) is 2.83. The number of carboxylic acids is 1. The maximum atomic E-state index is 13.9. The summed E-state index contributed by atoms with van der Waals surface area (Å²) >= 11 is 0. The Labute approximate surface area is 392 Å². The fourth-order valence-electron chi connectivity index (χ4n) is 9.64. The second kappa shape index (κ2) is 19.8. The van der Waals surface area contributed by atoms with Crippen molar-refractivity contribution in [2.24, 2.45) is 17.6 Å². The number of nitrogens with two attached hydrogens (primary N) is 1. The van der Waals surface area contributed by atoms with Crippen LogP contribution in [0.1, 0.15) is 64.8 Å². The number of aliphatic hydroxyl groups excluding tert-OH is 2. The summed E-state index contributed by atoms with van der Waals surface area (Å²) in [6.45, 7) is 0.118. The molecule has 2 fully saturated rings. The molecule has 2 aliphatic heterocycles. The molecule has 4 heterocycles. The van der Waals surface area contributed by atoms with E-state index in [2.05, 4.69) is 64.6 Å². The van der Waals surface area contributed by atoms with Crippen LogP contribution in [0.15, 0.2) is 113 Å². The first kappa shape index (κ1) is 46.3. The van der Waals surface area contributed by atoms with Crippen LogP contribution in [-0.4, -0.2) is 97.1 Å². The molecule has 0 radical (unpaired) electrons. The number of H-pyrrole nitrogens is 1. The summed E-state index contributed by atoms with van der Waals surface area (Å²) in [6.07, 6.45) is 3.59. The first-order valence-electron chi connectivity index (χ1n) is 21.9. The lowest BCUT2D eigenvalue weighted by molar-refractivity contribution is -0.342. The minimum Gasteiger partial charge on any atom is -0.508 e. The minimum atomic E-state index is -2.69. The Morgan fingerprint density at radius 2 is 1.84 bits per heavy atom. The molecule has 2 saturated heterocycles. The first-order chi connectivity index (χ1) is 32.4. The number of fused-ring (bicyclic) bond motifs is 8. The van der Waals surface area contributed by atoms with Gasteiger partial charge in [-0.05, 0) is 88.8 Å². The van der Waals surface area contributed by atoms with E-state index in [4.69, 9.17) is 24.4 Å². The molecule has 5 aromatic rings. The standard InChI is InChI=1S/C50H49N3O12S2/c51-46(57)43-40(30-14-16-32(54)17-15-30)41(55)36-19-18-33(22-39(36)64-43)63-49-50(61)45(42(56)44(65-49)47(58)59)62-26-67-66-25-38(31-20-21-52-23-31)37(24-53-48(50)60)28-7-3-1-2-6-27-10-12-29(13-11-28)35-9-5-4-8-34(27)35/h4-5,8-10,12-23,27-28,37-38,42,44-45,48-49,52-54,56,60-61H,2,6-7,11,24-26H2,(H2,51,57)(H,58,59)/b29-13-/t27-,28+,37+,38+,42-,44+,45+,48-,49-,50+/m1/s1. The number of aromatic amines is 1. The number of ether oxygens (including phenoxy) is 3. The van der Waals surface area contributed by atoms with Crippen LogP contribution in [0.25, 0.3) is 27.7 Å². The zero-order valence-electron chi connectivity index (χ0n) is 35.9. The number of phenolic OH excluding ortho intramolecular Hbond substituents is 1. The van der Waals surface area contributed by atoms with Crippen LogP contribution in [0, 0.1) is 23.7 Å². The number of aliphatic hydroxyl groups is 3.